The van der Waals surface area contributed by atoms with Gasteiger partial charge in [0.2, 0.25) is 5.91 Å². The van der Waals surface area contributed by atoms with E-state index < -0.39 is 5.54 Å². The van der Waals surface area contributed by atoms with E-state index in [1.807, 2.05) is 12.1 Å². The van der Waals surface area contributed by atoms with E-state index in [4.69, 9.17) is 10.5 Å². The summed E-state index contributed by atoms with van der Waals surface area (Å²) in [6.07, 6.45) is 1.49. The molecule has 3 N–H and O–H groups in total. The van der Waals surface area contributed by atoms with Crippen LogP contribution in [0.4, 0.5) is 0 Å². The molecule has 0 aliphatic heterocycles. The van der Waals surface area contributed by atoms with Crippen LogP contribution in [0.1, 0.15) is 18.4 Å². The second-order valence-electron chi connectivity index (χ2n) is 5.56. The molecule has 2 amide bonds. The maximum atomic E-state index is 11.8. The summed E-state index contributed by atoms with van der Waals surface area (Å²) in [5, 5.41) is 2.82. The van der Waals surface area contributed by atoms with Crippen LogP contribution < -0.4 is 15.8 Å². The number of nitrogens with one attached hydrogen (secondary N) is 1. The Labute approximate surface area is 136 Å². The highest BCUT2D eigenvalue weighted by Gasteiger charge is 2.45. The average Bonchev–Trinajstić information content (AvgIpc) is 3.21. The van der Waals surface area contributed by atoms with E-state index >= 15 is 0 Å². The smallest absolute Gasteiger partial charge is 0.259 e. The van der Waals surface area contributed by atoms with Gasteiger partial charge in [-0.25, -0.2) is 0 Å². The van der Waals surface area contributed by atoms with Gasteiger partial charge in [-0.15, -0.1) is 12.4 Å². The third-order valence-corrected chi connectivity index (χ3v) is 3.45. The number of hydrogen-bond acceptors (Lipinski definition) is 4. The molecule has 22 heavy (non-hydrogen) atoms. The van der Waals surface area contributed by atoms with Crippen LogP contribution in [0, 0.1) is 0 Å². The molecule has 1 aromatic rings. The fourth-order valence-corrected chi connectivity index (χ4v) is 1.74. The molecule has 1 aliphatic carbocycles. The molecule has 0 spiro atoms. The number of carbonyl (C=O) groups is 2. The van der Waals surface area contributed by atoms with Gasteiger partial charge in [-0.3, -0.25) is 9.59 Å². The lowest BCUT2D eigenvalue weighted by atomic mass is 10.2. The molecule has 1 saturated carbocycles. The molecule has 122 valence electrons. The molecule has 7 heteroatoms. The van der Waals surface area contributed by atoms with Crippen molar-refractivity contribution in [1.29, 1.82) is 0 Å². The Balaban J connectivity index is 0.00000242. The van der Waals surface area contributed by atoms with E-state index in [1.54, 1.807) is 26.2 Å². The van der Waals surface area contributed by atoms with Crippen LogP contribution in [0.5, 0.6) is 5.75 Å². The minimum Gasteiger partial charge on any atom is -0.484 e. The van der Waals surface area contributed by atoms with Crippen LogP contribution >= 0.6 is 12.4 Å². The van der Waals surface area contributed by atoms with Crippen molar-refractivity contribution in [2.45, 2.75) is 24.9 Å². The fourth-order valence-electron chi connectivity index (χ4n) is 1.74. The number of rotatable bonds is 6. The summed E-state index contributed by atoms with van der Waals surface area (Å²) in [5.74, 6) is 0.384. The van der Waals surface area contributed by atoms with E-state index in [0.29, 0.717) is 12.3 Å². The number of benzene rings is 1. The summed E-state index contributed by atoms with van der Waals surface area (Å²) in [7, 11) is 3.36. The number of ether oxygens (including phenoxy) is 1. The Hall–Kier alpha value is -1.79. The van der Waals surface area contributed by atoms with Crippen molar-refractivity contribution in [1.82, 2.24) is 10.2 Å². The van der Waals surface area contributed by atoms with Gasteiger partial charge in [-0.2, -0.15) is 0 Å². The van der Waals surface area contributed by atoms with E-state index in [1.165, 1.54) is 4.90 Å². The Kier molecular flexibility index (Phi) is 6.20. The highest BCUT2D eigenvalue weighted by molar-refractivity contribution is 5.88. The Morgan fingerprint density at radius 1 is 1.36 bits per heavy atom. The lowest BCUT2D eigenvalue weighted by molar-refractivity contribution is -0.130. The monoisotopic (exact) mass is 327 g/mol. The van der Waals surface area contributed by atoms with Gasteiger partial charge >= 0.3 is 0 Å². The predicted molar refractivity (Wildman–Crippen MR) is 85.9 cm³/mol. The van der Waals surface area contributed by atoms with Gasteiger partial charge in [-0.1, -0.05) is 12.1 Å². The molecule has 0 saturated heterocycles. The number of amides is 2. The van der Waals surface area contributed by atoms with E-state index in [-0.39, 0.29) is 30.8 Å². The van der Waals surface area contributed by atoms with Gasteiger partial charge in [0.05, 0.1) is 5.54 Å². The van der Waals surface area contributed by atoms with Crippen molar-refractivity contribution in [3.05, 3.63) is 29.8 Å². The average molecular weight is 328 g/mol. The standard InChI is InChI=1S/C15H21N3O3.ClH/c1-18(2)13(19)10-21-12-5-3-4-11(8-12)9-17-14(20)15(16)6-7-15;/h3-5,8H,6-7,9-10,16H2,1-2H3,(H,17,20);1H. The second-order valence-corrected chi connectivity index (χ2v) is 5.56. The zero-order chi connectivity index (χ0) is 15.5. The van der Waals surface area contributed by atoms with Crippen molar-refractivity contribution >= 4 is 24.2 Å². The molecule has 1 aromatic carbocycles. The summed E-state index contributed by atoms with van der Waals surface area (Å²) in [5.41, 5.74) is 6.06. The highest BCUT2D eigenvalue weighted by atomic mass is 35.5. The summed E-state index contributed by atoms with van der Waals surface area (Å²) in [6.45, 7) is 0.394. The molecule has 0 unspecified atom stereocenters. The highest BCUT2D eigenvalue weighted by Crippen LogP contribution is 2.32. The first-order valence-corrected chi connectivity index (χ1v) is 6.90. The first-order chi connectivity index (χ1) is 9.90. The van der Waals surface area contributed by atoms with E-state index in [9.17, 15) is 9.59 Å². The number of likely N-dealkylation sites (N-methyl/N-ethyl adjacent to an activating group) is 1. The lowest BCUT2D eigenvalue weighted by Gasteiger charge is -2.13. The molecular weight excluding hydrogens is 306 g/mol. The summed E-state index contributed by atoms with van der Waals surface area (Å²) >= 11 is 0. The van der Waals surface area contributed by atoms with Crippen molar-refractivity contribution in [3.8, 4) is 5.75 Å². The minimum atomic E-state index is -0.660. The quantitative estimate of drug-likeness (QED) is 0.805. The molecule has 6 nitrogen and oxygen atoms in total. The zero-order valence-electron chi connectivity index (χ0n) is 12.8. The third-order valence-electron chi connectivity index (χ3n) is 3.45. The molecule has 1 aliphatic rings. The normalized spacial score (nSPS) is 14.5. The number of carbonyl (C=O) groups excluding carboxylic acids is 2. The van der Waals surface area contributed by atoms with Gasteiger partial charge in [0, 0.05) is 20.6 Å². The van der Waals surface area contributed by atoms with Crippen LogP contribution in [0.2, 0.25) is 0 Å². The topological polar surface area (TPSA) is 84.7 Å². The number of hydrogen-bond donors (Lipinski definition) is 2. The van der Waals surface area contributed by atoms with Crippen molar-refractivity contribution in [2.24, 2.45) is 5.73 Å². The van der Waals surface area contributed by atoms with Gasteiger partial charge < -0.3 is 20.7 Å². The summed E-state index contributed by atoms with van der Waals surface area (Å²) < 4.78 is 5.43. The van der Waals surface area contributed by atoms with Crippen molar-refractivity contribution < 1.29 is 14.3 Å². The van der Waals surface area contributed by atoms with Crippen molar-refractivity contribution in [3.63, 3.8) is 0 Å². The van der Waals surface area contributed by atoms with Gasteiger partial charge in [0.25, 0.3) is 5.91 Å². The molecule has 1 fully saturated rings. The molecule has 0 radical (unpaired) electrons. The maximum Gasteiger partial charge on any atom is 0.259 e. The molecule has 0 heterocycles. The van der Waals surface area contributed by atoms with Crippen LogP contribution in [0.15, 0.2) is 24.3 Å². The third kappa shape index (κ3) is 4.89. The number of halogens is 1. The van der Waals surface area contributed by atoms with Crippen LogP contribution in [0.3, 0.4) is 0 Å². The maximum absolute atomic E-state index is 11.8. The SMILES string of the molecule is CN(C)C(=O)COc1cccc(CNC(=O)C2(N)CC2)c1.Cl. The molecule has 0 aromatic heterocycles. The molecule has 0 atom stereocenters. The zero-order valence-corrected chi connectivity index (χ0v) is 13.6. The number of nitrogens with two attached hydrogens (primary N) is 1. The second kappa shape index (κ2) is 7.47. The number of nitrogens with zero attached hydrogens (tertiary/aromatic N) is 1. The minimum absolute atomic E-state index is 0. The Morgan fingerprint density at radius 2 is 2.05 bits per heavy atom. The summed E-state index contributed by atoms with van der Waals surface area (Å²) in [4.78, 5) is 24.7. The van der Waals surface area contributed by atoms with Gasteiger partial charge in [0.15, 0.2) is 6.61 Å². The van der Waals surface area contributed by atoms with Gasteiger partial charge in [-0.05, 0) is 30.5 Å². The fraction of sp³-hybridized carbons (Fsp3) is 0.467. The van der Waals surface area contributed by atoms with E-state index in [0.717, 1.165) is 18.4 Å². The predicted octanol–water partition coefficient (Wildman–Crippen LogP) is 0.683. The first kappa shape index (κ1) is 18.3. The molecule has 2 rings (SSSR count). The lowest BCUT2D eigenvalue weighted by Crippen LogP contribution is -2.42. The first-order valence-electron chi connectivity index (χ1n) is 6.90. The molecule has 0 bridgehead atoms. The summed E-state index contributed by atoms with van der Waals surface area (Å²) in [6, 6.07) is 7.29. The van der Waals surface area contributed by atoms with Gasteiger partial charge in [0.1, 0.15) is 5.75 Å². The Bertz CT molecular complexity index is 545. The van der Waals surface area contributed by atoms with Crippen LogP contribution in [-0.4, -0.2) is 43.0 Å². The van der Waals surface area contributed by atoms with Crippen molar-refractivity contribution in [2.75, 3.05) is 20.7 Å². The molecular formula is C15H22ClN3O3. The van der Waals surface area contributed by atoms with Crippen LogP contribution in [0.25, 0.3) is 0 Å². The van der Waals surface area contributed by atoms with Crippen LogP contribution in [-0.2, 0) is 16.1 Å². The van der Waals surface area contributed by atoms with E-state index in [2.05, 4.69) is 5.32 Å². The Morgan fingerprint density at radius 3 is 2.64 bits per heavy atom. The largest absolute Gasteiger partial charge is 0.484 e.